The molecule has 0 saturated carbocycles. The van der Waals surface area contributed by atoms with E-state index in [1.165, 1.54) is 67.6 Å². The van der Waals surface area contributed by atoms with E-state index in [2.05, 4.69) is 45.5 Å². The predicted octanol–water partition coefficient (Wildman–Crippen LogP) is 15.9. The van der Waals surface area contributed by atoms with Crippen LogP contribution in [0.2, 0.25) is 0 Å². The van der Waals surface area contributed by atoms with E-state index in [1.54, 1.807) is 56.3 Å². The molecule has 23 nitrogen and oxygen atoms in total. The fourth-order valence-corrected chi connectivity index (χ4v) is 11.0. The number of nitro groups is 1. The van der Waals surface area contributed by atoms with Gasteiger partial charge in [-0.25, -0.2) is 28.1 Å². The van der Waals surface area contributed by atoms with Gasteiger partial charge in [0.15, 0.2) is 11.4 Å². The fraction of sp³-hybridized carbons (Fsp3) is 0.299. The second-order valence-electron chi connectivity index (χ2n) is 23.9. The van der Waals surface area contributed by atoms with Gasteiger partial charge in [-0.3, -0.25) is 10.1 Å². The number of hydrogen-bond acceptors (Lipinski definition) is 22. The van der Waals surface area contributed by atoms with Crippen LogP contribution >= 0.6 is 0 Å². The third-order valence-corrected chi connectivity index (χ3v) is 16.3. The quantitative estimate of drug-likeness (QED) is 0.0722. The van der Waals surface area contributed by atoms with Crippen molar-refractivity contribution in [2.75, 3.05) is 11.5 Å². The van der Waals surface area contributed by atoms with Gasteiger partial charge in [0.1, 0.15) is 34.7 Å². The molecule has 0 radical (unpaired) electrons. The van der Waals surface area contributed by atoms with E-state index < -0.39 is 130 Å². The number of allylic oxidation sites excluding steroid dienone is 1. The Hall–Kier alpha value is -11.1. The van der Waals surface area contributed by atoms with Gasteiger partial charge < -0.3 is 53.9 Å². The molecule has 10 aromatic rings. The Kier molecular flexibility index (Phi) is 20.2. The Morgan fingerprint density at radius 1 is 0.529 bits per heavy atom. The average molecular weight is 1430 g/mol. The number of aryl methyl sites for hydroxylation is 5. The number of nitrogens with two attached hydrogens (primary N) is 2. The second-order valence-corrected chi connectivity index (χ2v) is 23.9. The van der Waals surface area contributed by atoms with Crippen molar-refractivity contribution >= 4 is 23.1 Å². The number of halogens is 12. The van der Waals surface area contributed by atoms with Crippen LogP contribution in [0.1, 0.15) is 108 Å². The second kappa shape index (κ2) is 28.5. The van der Waals surface area contributed by atoms with Crippen LogP contribution in [-0.2, 0) is 41.0 Å². The Labute approximate surface area is 568 Å². The summed E-state index contributed by atoms with van der Waals surface area (Å²) in [7, 11) is 0. The summed E-state index contributed by atoms with van der Waals surface area (Å²) in [5, 5.41) is 54.1. The maximum atomic E-state index is 14.8. The molecular weight excluding hydrogens is 1380 g/mol. The van der Waals surface area contributed by atoms with Gasteiger partial charge in [0, 0.05) is 41.0 Å². The first kappa shape index (κ1) is 72.2. The van der Waals surface area contributed by atoms with Crippen molar-refractivity contribution in [2.24, 2.45) is 0 Å². The van der Waals surface area contributed by atoms with Crippen LogP contribution in [0.4, 0.5) is 69.7 Å². The molecule has 4 aromatic carbocycles. The summed E-state index contributed by atoms with van der Waals surface area (Å²) in [5.74, 6) is -5.90. The van der Waals surface area contributed by atoms with E-state index in [0.717, 1.165) is 12.1 Å². The van der Waals surface area contributed by atoms with Gasteiger partial charge >= 0.3 is 24.2 Å². The van der Waals surface area contributed by atoms with Crippen LogP contribution in [0.5, 0.6) is 34.9 Å². The molecule has 6 aromatic heterocycles. The smallest absolute Gasteiger partial charge is 0.426 e. The number of nitrogens with zero attached hydrogens (tertiary/aromatic N) is 10. The van der Waals surface area contributed by atoms with Gasteiger partial charge in [-0.1, -0.05) is 42.5 Å². The van der Waals surface area contributed by atoms with Gasteiger partial charge in [0.2, 0.25) is 40.1 Å². The minimum atomic E-state index is -5.06. The number of hydrogen-bond donors (Lipinski definition) is 4. The number of rotatable bonds is 4. The minimum Gasteiger partial charge on any atom is -0.439 e. The molecule has 9 heterocycles. The van der Waals surface area contributed by atoms with Crippen molar-refractivity contribution in [3.05, 3.63) is 193 Å². The van der Waals surface area contributed by atoms with Crippen LogP contribution in [-0.4, -0.2) is 79.2 Å². The molecule has 0 fully saturated rings. The van der Waals surface area contributed by atoms with E-state index in [0.29, 0.717) is 33.4 Å². The molecule has 0 aliphatic carbocycles. The predicted molar refractivity (Wildman–Crippen MR) is 334 cm³/mol. The molecule has 534 valence electrons. The molecule has 3 unspecified atom stereocenters. The van der Waals surface area contributed by atoms with Gasteiger partial charge in [0.05, 0.1) is 22.9 Å². The zero-order chi connectivity index (χ0) is 73.3. The van der Waals surface area contributed by atoms with Gasteiger partial charge in [0.25, 0.3) is 35.3 Å². The van der Waals surface area contributed by atoms with Crippen LogP contribution in [0.15, 0.2) is 122 Å². The van der Waals surface area contributed by atoms with Crippen molar-refractivity contribution in [1.29, 1.82) is 0 Å². The van der Waals surface area contributed by atoms with Crippen LogP contribution in [0.25, 0.3) is 40.8 Å². The first-order valence-electron chi connectivity index (χ1n) is 30.8. The zero-order valence-corrected chi connectivity index (χ0v) is 53.5. The summed E-state index contributed by atoms with van der Waals surface area (Å²) >= 11 is 0. The van der Waals surface area contributed by atoms with Gasteiger partial charge in [-0.15, -0.1) is 30.6 Å². The number of ether oxygens (including phenoxy) is 4. The largest absolute Gasteiger partial charge is 0.439 e. The molecule has 6 N–H and O–H groups in total. The molecule has 3 atom stereocenters. The van der Waals surface area contributed by atoms with Crippen molar-refractivity contribution in [3.8, 4) is 69.6 Å². The number of alkyl halides is 9. The van der Waals surface area contributed by atoms with E-state index in [-0.39, 0.29) is 108 Å². The Balaban J connectivity index is 0.000000156. The van der Waals surface area contributed by atoms with Crippen molar-refractivity contribution in [3.63, 3.8) is 0 Å². The molecule has 18 bridgehead atoms. The number of aliphatic hydroxyl groups is 2. The molecule has 3 aliphatic heterocycles. The highest BCUT2D eigenvalue weighted by Gasteiger charge is 2.62. The fourth-order valence-electron chi connectivity index (χ4n) is 11.0. The molecule has 0 amide bonds. The molecule has 13 rings (SSSR count). The monoisotopic (exact) mass is 1430 g/mol. The SMILES string of the molecule is Cc1cc(N)c2nc1Oc1cc(F)cc(c1)CCCCC(O)(C(F)(F)F)c1nnc-2o1.Cc1cc(N)c2nc1Oc1cc(F)cc(c1)CCCCC(O)(C(F)(F)F)c1nnc-2o1.Cc1cc([N+](=O)[O-])c2nc1Oc1cc(F)cc(c1)C=CCCC(OCc1ccccc1)(C(F)(F)F)c1nnc-2o1. The van der Waals surface area contributed by atoms with Gasteiger partial charge in [-0.05, 0) is 156 Å². The lowest BCUT2D eigenvalue weighted by molar-refractivity contribution is -0.384. The number of aromatic nitrogens is 9. The first-order chi connectivity index (χ1) is 48.2. The maximum Gasteiger partial charge on any atom is 0.426 e. The number of benzene rings is 4. The Bertz CT molecular complexity index is 4610. The third kappa shape index (κ3) is 15.5. The van der Waals surface area contributed by atoms with E-state index in [9.17, 15) is 73.0 Å². The number of fused-ring (bicyclic) bond motifs is 21. The lowest BCUT2D eigenvalue weighted by Crippen LogP contribution is -2.45. The third-order valence-electron chi connectivity index (χ3n) is 16.3. The molecular formula is C67H56F12N12O11. The van der Waals surface area contributed by atoms with E-state index in [1.807, 2.05) is 0 Å². The normalized spacial score (nSPS) is 18.4. The van der Waals surface area contributed by atoms with E-state index in [4.69, 9.17) is 43.7 Å². The summed E-state index contributed by atoms with van der Waals surface area (Å²) in [5.41, 5.74) is 3.94. The van der Waals surface area contributed by atoms with Gasteiger partial charge in [-0.2, -0.15) is 39.5 Å². The highest BCUT2D eigenvalue weighted by Crippen LogP contribution is 2.49. The lowest BCUT2D eigenvalue weighted by atomic mass is 9.94. The topological polar surface area (TPSA) is 328 Å². The van der Waals surface area contributed by atoms with Crippen molar-refractivity contribution < 1.29 is 100 Å². The molecule has 102 heavy (non-hydrogen) atoms. The summed E-state index contributed by atoms with van der Waals surface area (Å²) in [4.78, 5) is 23.5. The number of pyridine rings is 3. The highest BCUT2D eigenvalue weighted by molar-refractivity contribution is 5.69. The molecule has 35 heteroatoms. The summed E-state index contributed by atoms with van der Waals surface area (Å²) in [6, 6.07) is 24.0. The lowest BCUT2D eigenvalue weighted by Gasteiger charge is -2.32. The Morgan fingerprint density at radius 3 is 1.43 bits per heavy atom. The van der Waals surface area contributed by atoms with E-state index >= 15 is 0 Å². The van der Waals surface area contributed by atoms with Crippen LogP contribution in [0.3, 0.4) is 0 Å². The Morgan fingerprint density at radius 2 is 0.961 bits per heavy atom. The molecule has 3 aliphatic rings. The minimum absolute atomic E-state index is 0.0203. The number of nitrogen functional groups attached to an aromatic ring is 2. The van der Waals surface area contributed by atoms with Crippen molar-refractivity contribution in [2.45, 2.75) is 127 Å². The summed E-state index contributed by atoms with van der Waals surface area (Å²) in [6.45, 7) is 4.33. The summed E-state index contributed by atoms with van der Waals surface area (Å²) < 4.78 is 208. The molecule has 0 spiro atoms. The van der Waals surface area contributed by atoms with Crippen LogP contribution < -0.4 is 25.7 Å². The standard InChI is InChI=1S/C27H20F4N4O5.2C20H18F4N4O3/c1-16-11-21(35(36)37)22-24-33-34-25(40-24)26(27(29,30)31,38-15-17-7-3-2-4-8-17)10-6-5-9-18-12-19(28)14-20(13-18)39-23(16)32-22;2*1-10-6-14(25)15-17-27-28-18(31-17)19(29,20(22,23)24)5-3-2-4-11-7-12(21)9-13(8-11)30-16(10)26-15/h2-5,7-9,11-14H,6,10,15H2,1H3;2*6-9,29H,2-5,25H2,1H3. The zero-order valence-electron chi connectivity index (χ0n) is 53.5. The first-order valence-corrected chi connectivity index (χ1v) is 30.8. The maximum absolute atomic E-state index is 14.8. The molecule has 0 saturated heterocycles. The number of anilines is 2. The summed E-state index contributed by atoms with van der Waals surface area (Å²) in [6.07, 6.45) is -13.6. The average Bonchev–Trinajstić information content (AvgIpc) is 1.56. The highest BCUT2D eigenvalue weighted by atomic mass is 19.4. The van der Waals surface area contributed by atoms with Crippen molar-refractivity contribution in [1.82, 2.24) is 45.5 Å². The van der Waals surface area contributed by atoms with Crippen LogP contribution in [0, 0.1) is 48.3 Å².